The minimum atomic E-state index is 0.568. The van der Waals surface area contributed by atoms with Crippen molar-refractivity contribution in [1.29, 1.82) is 0 Å². The number of aromatic nitrogens is 2. The molecule has 5 rings (SSSR count). The van der Waals surface area contributed by atoms with Gasteiger partial charge in [0, 0.05) is 16.9 Å². The molecule has 2 heterocycles. The molecule has 0 N–H and O–H groups in total. The van der Waals surface area contributed by atoms with Crippen molar-refractivity contribution < 1.29 is 4.57 Å². The molecule has 2 aliphatic carbocycles. The number of nitrogens with zero attached hydrogens (tertiary/aromatic N) is 2. The monoisotopic (exact) mass is 299 g/mol. The van der Waals surface area contributed by atoms with Crippen LogP contribution in [0, 0.1) is 11.8 Å². The minimum absolute atomic E-state index is 0.568. The molecule has 3 aromatic rings. The number of fused-ring (bicyclic) bond motifs is 4. The molecule has 2 aromatic heterocycles. The van der Waals surface area contributed by atoms with E-state index in [2.05, 4.69) is 84.4 Å². The van der Waals surface area contributed by atoms with Gasteiger partial charge in [-0.05, 0) is 47.9 Å². The Bertz CT molecular complexity index is 1090. The van der Waals surface area contributed by atoms with Gasteiger partial charge in [-0.1, -0.05) is 19.1 Å². The lowest BCUT2D eigenvalue weighted by Crippen LogP contribution is -2.36. The fourth-order valence-corrected chi connectivity index (χ4v) is 4.29. The van der Waals surface area contributed by atoms with E-state index in [0.29, 0.717) is 11.8 Å². The molecule has 1 aromatic carbocycles. The molecule has 2 heteroatoms. The first-order chi connectivity index (χ1) is 11.2. The number of pyridine rings is 1. The third-order valence-corrected chi connectivity index (χ3v) is 5.56. The Morgan fingerprint density at radius 2 is 1.91 bits per heavy atom. The number of hydrogen-bond acceptors (Lipinski definition) is 0. The largest absolute Gasteiger partial charge is 0.289 e. The zero-order valence-electron chi connectivity index (χ0n) is 13.7. The molecule has 2 atom stereocenters. The van der Waals surface area contributed by atoms with Crippen LogP contribution in [0.1, 0.15) is 12.6 Å². The maximum Gasteiger partial charge on any atom is 0.289 e. The van der Waals surface area contributed by atoms with Crippen molar-refractivity contribution in [3.05, 3.63) is 65.5 Å². The van der Waals surface area contributed by atoms with E-state index in [4.69, 9.17) is 0 Å². The highest BCUT2D eigenvalue weighted by Gasteiger charge is 2.45. The molecule has 112 valence electrons. The Morgan fingerprint density at radius 3 is 2.78 bits per heavy atom. The van der Waals surface area contributed by atoms with Crippen LogP contribution in [-0.4, -0.2) is 4.57 Å². The lowest BCUT2D eigenvalue weighted by molar-refractivity contribution is -0.650. The van der Waals surface area contributed by atoms with Crippen LogP contribution in [0.5, 0.6) is 0 Å². The van der Waals surface area contributed by atoms with Crippen LogP contribution in [0.25, 0.3) is 27.5 Å². The van der Waals surface area contributed by atoms with E-state index >= 15 is 0 Å². The zero-order chi connectivity index (χ0) is 15.7. The topological polar surface area (TPSA) is 8.81 Å². The SMILES string of the molecule is CC1C2=C=CC=C(c3ccc4c5ccccc5n(C)c4[n+]3C)C21. The highest BCUT2D eigenvalue weighted by atomic mass is 15.1. The lowest BCUT2D eigenvalue weighted by Gasteiger charge is -2.09. The second-order valence-electron chi connectivity index (χ2n) is 6.75. The smallest absolute Gasteiger partial charge is 0.229 e. The lowest BCUT2D eigenvalue weighted by atomic mass is 10.0. The molecule has 0 saturated heterocycles. The van der Waals surface area contributed by atoms with Crippen molar-refractivity contribution in [2.75, 3.05) is 0 Å². The molecule has 0 radical (unpaired) electrons. The molecule has 2 nitrogen and oxygen atoms in total. The average Bonchev–Trinajstić information content (AvgIpc) is 3.15. The van der Waals surface area contributed by atoms with E-state index in [1.807, 2.05) is 0 Å². The molecule has 2 unspecified atom stereocenters. The predicted octanol–water partition coefficient (Wildman–Crippen LogP) is 3.90. The predicted molar refractivity (Wildman–Crippen MR) is 93.8 cm³/mol. The van der Waals surface area contributed by atoms with E-state index < -0.39 is 0 Å². The van der Waals surface area contributed by atoms with Gasteiger partial charge in [0.15, 0.2) is 0 Å². The molecule has 0 bridgehead atoms. The molecule has 1 saturated carbocycles. The maximum atomic E-state index is 3.40. The first-order valence-corrected chi connectivity index (χ1v) is 8.21. The van der Waals surface area contributed by atoms with Gasteiger partial charge in [0.25, 0.3) is 5.65 Å². The number of benzene rings is 1. The van der Waals surface area contributed by atoms with Crippen molar-refractivity contribution in [3.63, 3.8) is 0 Å². The summed E-state index contributed by atoms with van der Waals surface area (Å²) in [5.41, 5.74) is 10.2. The summed E-state index contributed by atoms with van der Waals surface area (Å²) in [5.74, 6) is 1.21. The van der Waals surface area contributed by atoms with E-state index in [1.165, 1.54) is 38.8 Å². The Labute approximate surface area is 135 Å². The number of rotatable bonds is 1. The first kappa shape index (κ1) is 12.9. The van der Waals surface area contributed by atoms with Crippen LogP contribution in [0.15, 0.2) is 59.9 Å². The Morgan fingerprint density at radius 1 is 1.09 bits per heavy atom. The summed E-state index contributed by atoms with van der Waals surface area (Å²) in [6.45, 7) is 2.30. The molecule has 23 heavy (non-hydrogen) atoms. The maximum absolute atomic E-state index is 3.40. The normalized spacial score (nSPS) is 22.2. The summed E-state index contributed by atoms with van der Waals surface area (Å²) in [4.78, 5) is 0. The van der Waals surface area contributed by atoms with E-state index in [9.17, 15) is 0 Å². The summed E-state index contributed by atoms with van der Waals surface area (Å²) in [7, 11) is 4.35. The summed E-state index contributed by atoms with van der Waals surface area (Å²) >= 11 is 0. The van der Waals surface area contributed by atoms with Crippen LogP contribution >= 0.6 is 0 Å². The zero-order valence-corrected chi connectivity index (χ0v) is 13.7. The quantitative estimate of drug-likeness (QED) is 0.476. The summed E-state index contributed by atoms with van der Waals surface area (Å²) in [6, 6.07) is 13.2. The Kier molecular flexibility index (Phi) is 2.39. The average molecular weight is 299 g/mol. The van der Waals surface area contributed by atoms with Crippen LogP contribution in [0.3, 0.4) is 0 Å². The summed E-state index contributed by atoms with van der Waals surface area (Å²) < 4.78 is 4.66. The van der Waals surface area contributed by atoms with Crippen molar-refractivity contribution >= 4 is 27.5 Å². The van der Waals surface area contributed by atoms with Crippen LogP contribution in [0.2, 0.25) is 0 Å². The number of aryl methyl sites for hydroxylation is 2. The van der Waals surface area contributed by atoms with Crippen molar-refractivity contribution in [1.82, 2.24) is 4.57 Å². The van der Waals surface area contributed by atoms with Gasteiger partial charge in [-0.25, -0.2) is 9.13 Å². The molecule has 0 aliphatic heterocycles. The van der Waals surface area contributed by atoms with Crippen LogP contribution in [-0.2, 0) is 14.1 Å². The molecule has 2 aliphatic rings. The van der Waals surface area contributed by atoms with Gasteiger partial charge in [-0.2, -0.15) is 0 Å². The molecule has 0 amide bonds. The number of allylic oxidation sites excluding steroid dienone is 3. The second kappa shape index (κ2) is 4.24. The molecule has 1 fully saturated rings. The van der Waals surface area contributed by atoms with Gasteiger partial charge in [0.1, 0.15) is 11.2 Å². The van der Waals surface area contributed by atoms with E-state index in [1.54, 1.807) is 0 Å². The molecule has 0 spiro atoms. The standard InChI is InChI=1S/C21H19N2/c1-13-14-8-6-9-17(20(13)14)19-12-11-16-15-7-4-5-10-18(15)22(2)21(16)23(19)3/h4-7,9-13,20H,1-3H3/q+1. The highest BCUT2D eigenvalue weighted by Crippen LogP contribution is 2.53. The Balaban J connectivity index is 1.81. The summed E-state index contributed by atoms with van der Waals surface area (Å²) in [6.07, 6.45) is 4.32. The molecular weight excluding hydrogens is 280 g/mol. The van der Waals surface area contributed by atoms with Crippen molar-refractivity contribution in [2.24, 2.45) is 25.9 Å². The van der Waals surface area contributed by atoms with Gasteiger partial charge in [0.2, 0.25) is 0 Å². The summed E-state index contributed by atoms with van der Waals surface area (Å²) in [5, 5.41) is 2.64. The Hall–Kier alpha value is -2.57. The van der Waals surface area contributed by atoms with Crippen LogP contribution < -0.4 is 4.57 Å². The van der Waals surface area contributed by atoms with Crippen LogP contribution in [0.4, 0.5) is 0 Å². The minimum Gasteiger partial charge on any atom is -0.229 e. The third kappa shape index (κ3) is 1.56. The fraction of sp³-hybridized carbons (Fsp3) is 0.238. The number of para-hydroxylation sites is 1. The van der Waals surface area contributed by atoms with Gasteiger partial charge < -0.3 is 0 Å². The second-order valence-corrected chi connectivity index (χ2v) is 6.75. The third-order valence-electron chi connectivity index (χ3n) is 5.56. The van der Waals surface area contributed by atoms with Gasteiger partial charge in [-0.3, -0.25) is 0 Å². The van der Waals surface area contributed by atoms with E-state index in [0.717, 1.165) is 0 Å². The number of hydrogen-bond donors (Lipinski definition) is 0. The highest BCUT2D eigenvalue weighted by molar-refractivity contribution is 6.05. The van der Waals surface area contributed by atoms with Gasteiger partial charge in [0.05, 0.1) is 19.5 Å². The van der Waals surface area contributed by atoms with Gasteiger partial charge in [-0.15, -0.1) is 5.73 Å². The van der Waals surface area contributed by atoms with Crippen molar-refractivity contribution in [2.45, 2.75) is 6.92 Å². The van der Waals surface area contributed by atoms with Crippen molar-refractivity contribution in [3.8, 4) is 0 Å². The van der Waals surface area contributed by atoms with E-state index in [-0.39, 0.29) is 0 Å². The van der Waals surface area contributed by atoms with Gasteiger partial charge >= 0.3 is 0 Å². The fourth-order valence-electron chi connectivity index (χ4n) is 4.29. The molecular formula is C21H19N2+. The first-order valence-electron chi connectivity index (χ1n) is 8.21.